The second-order valence-corrected chi connectivity index (χ2v) is 6.78. The zero-order valence-electron chi connectivity index (χ0n) is 15.8. The van der Waals surface area contributed by atoms with Crippen molar-refractivity contribution in [1.82, 2.24) is 14.9 Å². The lowest BCUT2D eigenvalue weighted by Crippen LogP contribution is -2.43. The lowest BCUT2D eigenvalue weighted by molar-refractivity contribution is -0.138. The Bertz CT molecular complexity index is 966. The van der Waals surface area contributed by atoms with Gasteiger partial charge in [0.05, 0.1) is 37.2 Å². The average Bonchev–Trinajstić information content (AvgIpc) is 2.77. The molecule has 1 fully saturated rings. The summed E-state index contributed by atoms with van der Waals surface area (Å²) in [5, 5.41) is 3.18. The SMILES string of the molecule is O=C(Cc1ccccc1F)N1CCOC(c2ccc(Nc3ccccn3)cn2)C1. The molecular weight excluding hydrogens is 371 g/mol. The van der Waals surface area contributed by atoms with Crippen molar-refractivity contribution in [1.29, 1.82) is 0 Å². The topological polar surface area (TPSA) is 67.3 Å². The normalized spacial score (nSPS) is 16.4. The van der Waals surface area contributed by atoms with E-state index in [2.05, 4.69) is 15.3 Å². The minimum absolute atomic E-state index is 0.0414. The molecule has 148 valence electrons. The fourth-order valence-electron chi connectivity index (χ4n) is 3.23. The van der Waals surface area contributed by atoms with Crippen LogP contribution in [0.5, 0.6) is 0 Å². The first kappa shape index (κ1) is 19.0. The molecule has 1 N–H and O–H groups in total. The molecule has 3 aromatic rings. The van der Waals surface area contributed by atoms with Gasteiger partial charge in [0, 0.05) is 12.7 Å². The maximum absolute atomic E-state index is 13.8. The van der Waals surface area contributed by atoms with E-state index < -0.39 is 0 Å². The van der Waals surface area contributed by atoms with E-state index in [1.807, 2.05) is 30.3 Å². The smallest absolute Gasteiger partial charge is 0.227 e. The number of carbonyl (C=O) groups is 1. The molecule has 0 radical (unpaired) electrons. The summed E-state index contributed by atoms with van der Waals surface area (Å²) in [6.07, 6.45) is 3.16. The third-order valence-corrected chi connectivity index (χ3v) is 4.77. The van der Waals surface area contributed by atoms with E-state index in [9.17, 15) is 9.18 Å². The number of benzene rings is 1. The highest BCUT2D eigenvalue weighted by molar-refractivity contribution is 5.79. The van der Waals surface area contributed by atoms with Crippen LogP contribution in [-0.2, 0) is 16.0 Å². The molecule has 3 heterocycles. The molecule has 6 nitrogen and oxygen atoms in total. The number of ether oxygens (including phenoxy) is 1. The molecule has 1 aromatic carbocycles. The second-order valence-electron chi connectivity index (χ2n) is 6.78. The lowest BCUT2D eigenvalue weighted by Gasteiger charge is -2.32. The fraction of sp³-hybridized carbons (Fsp3) is 0.227. The van der Waals surface area contributed by atoms with Gasteiger partial charge in [0.25, 0.3) is 0 Å². The largest absolute Gasteiger partial charge is 0.368 e. The van der Waals surface area contributed by atoms with Gasteiger partial charge in [-0.05, 0) is 35.9 Å². The van der Waals surface area contributed by atoms with E-state index in [4.69, 9.17) is 4.74 Å². The van der Waals surface area contributed by atoms with Gasteiger partial charge in [-0.2, -0.15) is 0 Å². The van der Waals surface area contributed by atoms with E-state index >= 15 is 0 Å². The Kier molecular flexibility index (Phi) is 5.76. The van der Waals surface area contributed by atoms with Crippen molar-refractivity contribution in [2.45, 2.75) is 12.5 Å². The van der Waals surface area contributed by atoms with E-state index in [0.717, 1.165) is 17.2 Å². The first-order valence-electron chi connectivity index (χ1n) is 9.46. The molecule has 0 aliphatic carbocycles. The van der Waals surface area contributed by atoms with Gasteiger partial charge in [-0.1, -0.05) is 24.3 Å². The maximum Gasteiger partial charge on any atom is 0.227 e. The highest BCUT2D eigenvalue weighted by Crippen LogP contribution is 2.23. The predicted molar refractivity (Wildman–Crippen MR) is 107 cm³/mol. The Hall–Kier alpha value is -3.32. The van der Waals surface area contributed by atoms with Gasteiger partial charge < -0.3 is 15.0 Å². The standard InChI is InChI=1S/C22H21FN4O2/c23-18-6-2-1-5-16(18)13-22(28)27-11-12-29-20(15-27)19-9-8-17(14-25-19)26-21-7-3-4-10-24-21/h1-10,14,20H,11-13,15H2,(H,24,26). The van der Waals surface area contributed by atoms with Gasteiger partial charge in [0.2, 0.25) is 5.91 Å². The summed E-state index contributed by atoms with van der Waals surface area (Å²) in [5.74, 6) is 0.265. The molecule has 1 aliphatic heterocycles. The Morgan fingerprint density at radius 2 is 2.00 bits per heavy atom. The Balaban J connectivity index is 1.39. The molecule has 4 rings (SSSR count). The van der Waals surface area contributed by atoms with Crippen molar-refractivity contribution in [3.05, 3.63) is 84.1 Å². The molecule has 1 atom stereocenters. The van der Waals surface area contributed by atoms with E-state index in [1.54, 1.807) is 35.5 Å². The van der Waals surface area contributed by atoms with Crippen LogP contribution in [0.15, 0.2) is 67.0 Å². The Morgan fingerprint density at radius 3 is 2.76 bits per heavy atom. The quantitative estimate of drug-likeness (QED) is 0.720. The van der Waals surface area contributed by atoms with Crippen LogP contribution in [-0.4, -0.2) is 40.5 Å². The molecule has 0 bridgehead atoms. The highest BCUT2D eigenvalue weighted by atomic mass is 19.1. The van der Waals surface area contributed by atoms with Crippen LogP contribution in [0, 0.1) is 5.82 Å². The maximum atomic E-state index is 13.8. The summed E-state index contributed by atoms with van der Waals surface area (Å²) >= 11 is 0. The van der Waals surface area contributed by atoms with Crippen LogP contribution in [0.1, 0.15) is 17.4 Å². The van der Waals surface area contributed by atoms with Crippen LogP contribution in [0.2, 0.25) is 0 Å². The molecule has 29 heavy (non-hydrogen) atoms. The summed E-state index contributed by atoms with van der Waals surface area (Å²) in [6, 6.07) is 15.8. The van der Waals surface area contributed by atoms with E-state index in [-0.39, 0.29) is 24.2 Å². The van der Waals surface area contributed by atoms with E-state index in [1.165, 1.54) is 6.07 Å². The summed E-state index contributed by atoms with van der Waals surface area (Å²) < 4.78 is 19.7. The predicted octanol–water partition coefficient (Wildman–Crippen LogP) is 3.50. The molecule has 0 spiro atoms. The number of nitrogens with zero attached hydrogens (tertiary/aromatic N) is 3. The Labute approximate surface area is 168 Å². The van der Waals surface area contributed by atoms with Gasteiger partial charge in [0.1, 0.15) is 17.7 Å². The number of amides is 1. The average molecular weight is 392 g/mol. The summed E-state index contributed by atoms with van der Waals surface area (Å²) in [4.78, 5) is 23.0. The molecular formula is C22H21FN4O2. The van der Waals surface area contributed by atoms with Crippen molar-refractivity contribution in [2.24, 2.45) is 0 Å². The van der Waals surface area contributed by atoms with Gasteiger partial charge in [-0.3, -0.25) is 9.78 Å². The van der Waals surface area contributed by atoms with Crippen LogP contribution >= 0.6 is 0 Å². The minimum atomic E-state index is -0.358. The number of pyridine rings is 2. The number of anilines is 2. The first-order valence-corrected chi connectivity index (χ1v) is 9.46. The molecule has 7 heteroatoms. The molecule has 2 aromatic heterocycles. The van der Waals surface area contributed by atoms with Crippen LogP contribution in [0.3, 0.4) is 0 Å². The van der Waals surface area contributed by atoms with Gasteiger partial charge in [0.15, 0.2) is 0 Å². The second kappa shape index (κ2) is 8.79. The molecule has 0 saturated carbocycles. The highest BCUT2D eigenvalue weighted by Gasteiger charge is 2.26. The number of hydrogen-bond donors (Lipinski definition) is 1. The number of morpholine rings is 1. The van der Waals surface area contributed by atoms with Crippen molar-refractivity contribution in [2.75, 3.05) is 25.0 Å². The number of aromatic nitrogens is 2. The fourth-order valence-corrected chi connectivity index (χ4v) is 3.23. The number of rotatable bonds is 5. The zero-order chi connectivity index (χ0) is 20.1. The van der Waals surface area contributed by atoms with E-state index in [0.29, 0.717) is 25.3 Å². The zero-order valence-corrected chi connectivity index (χ0v) is 15.8. The van der Waals surface area contributed by atoms with Crippen molar-refractivity contribution in [3.8, 4) is 0 Å². The minimum Gasteiger partial charge on any atom is -0.368 e. The van der Waals surface area contributed by atoms with Crippen LogP contribution in [0.25, 0.3) is 0 Å². The summed E-state index contributed by atoms with van der Waals surface area (Å²) in [6.45, 7) is 1.31. The third kappa shape index (κ3) is 4.75. The number of halogens is 1. The molecule has 1 saturated heterocycles. The summed E-state index contributed by atoms with van der Waals surface area (Å²) in [5.41, 5.74) is 1.97. The van der Waals surface area contributed by atoms with Crippen LogP contribution in [0.4, 0.5) is 15.9 Å². The number of hydrogen-bond acceptors (Lipinski definition) is 5. The number of carbonyl (C=O) groups excluding carboxylic acids is 1. The van der Waals surface area contributed by atoms with Crippen molar-refractivity contribution >= 4 is 17.4 Å². The third-order valence-electron chi connectivity index (χ3n) is 4.77. The van der Waals surface area contributed by atoms with Crippen molar-refractivity contribution < 1.29 is 13.9 Å². The van der Waals surface area contributed by atoms with Gasteiger partial charge in [-0.15, -0.1) is 0 Å². The number of nitrogens with one attached hydrogen (secondary N) is 1. The van der Waals surface area contributed by atoms with Gasteiger partial charge >= 0.3 is 0 Å². The van der Waals surface area contributed by atoms with Crippen LogP contribution < -0.4 is 5.32 Å². The lowest BCUT2D eigenvalue weighted by atomic mass is 10.1. The molecule has 1 aliphatic rings. The van der Waals surface area contributed by atoms with Crippen molar-refractivity contribution in [3.63, 3.8) is 0 Å². The Morgan fingerprint density at radius 1 is 1.14 bits per heavy atom. The van der Waals surface area contributed by atoms with Gasteiger partial charge in [-0.25, -0.2) is 9.37 Å². The first-order chi connectivity index (χ1) is 14.2. The molecule has 1 amide bonds. The summed E-state index contributed by atoms with van der Waals surface area (Å²) in [7, 11) is 0. The molecule has 1 unspecified atom stereocenters. The monoisotopic (exact) mass is 392 g/mol.